The van der Waals surface area contributed by atoms with Gasteiger partial charge in [-0.1, -0.05) is 0 Å². The minimum absolute atomic E-state index is 0.165. The van der Waals surface area contributed by atoms with Crippen molar-refractivity contribution in [2.45, 2.75) is 51.7 Å². The lowest BCUT2D eigenvalue weighted by atomic mass is 9.93. The molecule has 27 heavy (non-hydrogen) atoms. The van der Waals surface area contributed by atoms with E-state index in [1.54, 1.807) is 13.3 Å². The Kier molecular flexibility index (Phi) is 6.16. The number of nitrogens with zero attached hydrogens (tertiary/aromatic N) is 1. The summed E-state index contributed by atoms with van der Waals surface area (Å²) in [4.78, 5) is 16.6. The van der Waals surface area contributed by atoms with E-state index < -0.39 is 0 Å². The second-order valence-electron chi connectivity index (χ2n) is 6.96. The van der Waals surface area contributed by atoms with Crippen LogP contribution in [0.1, 0.15) is 36.9 Å². The van der Waals surface area contributed by atoms with E-state index in [1.807, 2.05) is 44.2 Å². The molecular weight excluding hydrogens is 342 g/mol. The van der Waals surface area contributed by atoms with E-state index in [1.165, 1.54) is 0 Å². The van der Waals surface area contributed by atoms with Gasteiger partial charge in [-0.05, 0) is 75.4 Å². The third-order valence-electron chi connectivity index (χ3n) is 4.94. The second-order valence-corrected chi connectivity index (χ2v) is 6.96. The second kappa shape index (κ2) is 8.75. The van der Waals surface area contributed by atoms with Crippen LogP contribution >= 0.6 is 0 Å². The quantitative estimate of drug-likeness (QED) is 0.828. The lowest BCUT2D eigenvalue weighted by Gasteiger charge is -2.29. The molecule has 1 aromatic carbocycles. The molecule has 6 heteroatoms. The number of nitrogens with one attached hydrogen (secondary N) is 2. The molecule has 1 aliphatic carbocycles. The van der Waals surface area contributed by atoms with Crippen LogP contribution < -0.4 is 20.1 Å². The van der Waals surface area contributed by atoms with E-state index in [9.17, 15) is 4.79 Å². The van der Waals surface area contributed by atoms with Crippen molar-refractivity contribution in [3.8, 4) is 11.5 Å². The summed E-state index contributed by atoms with van der Waals surface area (Å²) in [5, 5.41) is 5.99. The highest BCUT2D eigenvalue weighted by Gasteiger charge is 2.24. The number of urea groups is 1. The minimum Gasteiger partial charge on any atom is -0.497 e. The molecule has 0 unspecified atom stereocenters. The van der Waals surface area contributed by atoms with Crippen molar-refractivity contribution in [2.24, 2.45) is 0 Å². The van der Waals surface area contributed by atoms with Crippen LogP contribution in [0.5, 0.6) is 11.5 Å². The van der Waals surface area contributed by atoms with Crippen LogP contribution in [0.4, 0.5) is 10.5 Å². The van der Waals surface area contributed by atoms with Gasteiger partial charge in [-0.3, -0.25) is 4.98 Å². The Labute approximate surface area is 160 Å². The van der Waals surface area contributed by atoms with E-state index in [4.69, 9.17) is 9.47 Å². The molecule has 0 spiro atoms. The van der Waals surface area contributed by atoms with Gasteiger partial charge in [0.15, 0.2) is 0 Å². The van der Waals surface area contributed by atoms with Crippen LogP contribution in [-0.2, 0) is 0 Å². The summed E-state index contributed by atoms with van der Waals surface area (Å²) < 4.78 is 11.3. The van der Waals surface area contributed by atoms with Crippen LogP contribution in [0.25, 0.3) is 0 Å². The molecule has 1 fully saturated rings. The molecule has 0 bridgehead atoms. The van der Waals surface area contributed by atoms with Crippen molar-refractivity contribution in [2.75, 3.05) is 12.4 Å². The van der Waals surface area contributed by atoms with Gasteiger partial charge in [0.25, 0.3) is 0 Å². The van der Waals surface area contributed by atoms with E-state index in [2.05, 4.69) is 15.6 Å². The van der Waals surface area contributed by atoms with Crippen molar-refractivity contribution in [3.05, 3.63) is 47.8 Å². The summed E-state index contributed by atoms with van der Waals surface area (Å²) in [6.45, 7) is 3.90. The summed E-state index contributed by atoms with van der Waals surface area (Å²) in [6.07, 6.45) is 5.59. The van der Waals surface area contributed by atoms with Gasteiger partial charge in [0, 0.05) is 17.9 Å². The number of pyridine rings is 1. The van der Waals surface area contributed by atoms with Crippen molar-refractivity contribution in [3.63, 3.8) is 0 Å². The summed E-state index contributed by atoms with van der Waals surface area (Å²) in [6, 6.07) is 9.44. The first kappa shape index (κ1) is 19.0. The number of rotatable bonds is 5. The predicted molar refractivity (Wildman–Crippen MR) is 106 cm³/mol. The third-order valence-corrected chi connectivity index (χ3v) is 4.94. The highest BCUT2D eigenvalue weighted by molar-refractivity contribution is 5.90. The Morgan fingerprint density at radius 2 is 1.93 bits per heavy atom. The Morgan fingerprint density at radius 3 is 2.59 bits per heavy atom. The van der Waals surface area contributed by atoms with Crippen LogP contribution in [0.3, 0.4) is 0 Å². The molecule has 0 atom stereocenters. The number of carbonyl (C=O) groups is 1. The van der Waals surface area contributed by atoms with Gasteiger partial charge in [-0.15, -0.1) is 0 Å². The van der Waals surface area contributed by atoms with Crippen LogP contribution in [0.15, 0.2) is 36.5 Å². The SMILES string of the molecule is COc1ccc(NC(=O)NC2CCC(Oc3cccnc3C)CC2)c(C)c1. The zero-order valence-corrected chi connectivity index (χ0v) is 16.1. The largest absolute Gasteiger partial charge is 0.497 e. The highest BCUT2D eigenvalue weighted by atomic mass is 16.5. The average Bonchev–Trinajstić information content (AvgIpc) is 2.67. The van der Waals surface area contributed by atoms with Crippen LogP contribution in [0, 0.1) is 13.8 Å². The number of carbonyl (C=O) groups excluding carboxylic acids is 1. The maximum atomic E-state index is 12.3. The summed E-state index contributed by atoms with van der Waals surface area (Å²) in [5.41, 5.74) is 2.66. The van der Waals surface area contributed by atoms with Gasteiger partial charge in [-0.25, -0.2) is 4.79 Å². The molecule has 144 valence electrons. The molecule has 0 saturated heterocycles. The van der Waals surface area contributed by atoms with E-state index in [-0.39, 0.29) is 18.2 Å². The maximum Gasteiger partial charge on any atom is 0.319 e. The molecule has 2 amide bonds. The first-order chi connectivity index (χ1) is 13.0. The monoisotopic (exact) mass is 369 g/mol. The Hall–Kier alpha value is -2.76. The molecule has 3 rings (SSSR count). The lowest BCUT2D eigenvalue weighted by molar-refractivity contribution is 0.139. The molecular formula is C21H27N3O3. The molecule has 0 radical (unpaired) electrons. The number of amides is 2. The fourth-order valence-corrected chi connectivity index (χ4v) is 3.35. The summed E-state index contributed by atoms with van der Waals surface area (Å²) in [7, 11) is 1.63. The number of ether oxygens (including phenoxy) is 2. The Balaban J connectivity index is 1.46. The van der Waals surface area contributed by atoms with Crippen molar-refractivity contribution in [1.82, 2.24) is 10.3 Å². The van der Waals surface area contributed by atoms with Gasteiger partial charge < -0.3 is 20.1 Å². The van der Waals surface area contributed by atoms with E-state index >= 15 is 0 Å². The number of hydrogen-bond donors (Lipinski definition) is 2. The van der Waals surface area contributed by atoms with E-state index in [0.29, 0.717) is 0 Å². The molecule has 2 N–H and O–H groups in total. The molecule has 2 aromatic rings. The van der Waals surface area contributed by atoms with Gasteiger partial charge in [0.1, 0.15) is 11.5 Å². The third kappa shape index (κ3) is 5.12. The smallest absolute Gasteiger partial charge is 0.319 e. The van der Waals surface area contributed by atoms with Gasteiger partial charge in [0.2, 0.25) is 0 Å². The first-order valence-electron chi connectivity index (χ1n) is 9.35. The minimum atomic E-state index is -0.171. The normalized spacial score (nSPS) is 19.2. The number of benzene rings is 1. The van der Waals surface area contributed by atoms with Gasteiger partial charge in [-0.2, -0.15) is 0 Å². The zero-order chi connectivity index (χ0) is 19.2. The molecule has 1 heterocycles. The van der Waals surface area contributed by atoms with Crippen molar-refractivity contribution in [1.29, 1.82) is 0 Å². The number of aromatic nitrogens is 1. The van der Waals surface area contributed by atoms with Gasteiger partial charge in [0.05, 0.1) is 18.9 Å². The highest BCUT2D eigenvalue weighted by Crippen LogP contribution is 2.25. The van der Waals surface area contributed by atoms with E-state index in [0.717, 1.165) is 54.1 Å². The Bertz CT molecular complexity index is 786. The number of hydrogen-bond acceptors (Lipinski definition) is 4. The van der Waals surface area contributed by atoms with Crippen molar-refractivity contribution < 1.29 is 14.3 Å². The average molecular weight is 369 g/mol. The maximum absolute atomic E-state index is 12.3. The summed E-state index contributed by atoms with van der Waals surface area (Å²) in [5.74, 6) is 1.63. The zero-order valence-electron chi connectivity index (χ0n) is 16.1. The van der Waals surface area contributed by atoms with Gasteiger partial charge >= 0.3 is 6.03 Å². The predicted octanol–water partition coefficient (Wildman–Crippen LogP) is 4.22. The standard InChI is InChI=1S/C21H27N3O3/c1-14-13-18(26-3)10-11-19(14)24-21(25)23-16-6-8-17(9-7-16)27-20-5-4-12-22-15(20)2/h4-5,10-13,16-17H,6-9H2,1-3H3,(H2,23,24,25). The number of anilines is 1. The molecule has 1 aromatic heterocycles. The number of methoxy groups -OCH3 is 1. The van der Waals surface area contributed by atoms with Crippen molar-refractivity contribution >= 4 is 11.7 Å². The Morgan fingerprint density at radius 1 is 1.15 bits per heavy atom. The first-order valence-corrected chi connectivity index (χ1v) is 9.35. The fraction of sp³-hybridized carbons (Fsp3) is 0.429. The molecule has 1 aliphatic rings. The van der Waals surface area contributed by atoms with Crippen LogP contribution in [-0.4, -0.2) is 30.3 Å². The fourth-order valence-electron chi connectivity index (χ4n) is 3.35. The molecule has 6 nitrogen and oxygen atoms in total. The molecule has 0 aliphatic heterocycles. The van der Waals surface area contributed by atoms with Crippen LogP contribution in [0.2, 0.25) is 0 Å². The summed E-state index contributed by atoms with van der Waals surface area (Å²) >= 11 is 0. The topological polar surface area (TPSA) is 72.5 Å². The number of aryl methyl sites for hydroxylation is 2. The lowest BCUT2D eigenvalue weighted by Crippen LogP contribution is -2.41. The molecule has 1 saturated carbocycles.